The molecule has 0 heterocycles. The molecule has 0 N–H and O–H groups in total. The highest BCUT2D eigenvalue weighted by atomic mass is 14.2. The molecular formula is C13H20. The second-order valence-corrected chi connectivity index (χ2v) is 4.32. The number of benzene rings is 1. The summed E-state index contributed by atoms with van der Waals surface area (Å²) in [4.78, 5) is 0. The molecule has 0 nitrogen and oxygen atoms in total. The van der Waals surface area contributed by atoms with Crippen molar-refractivity contribution in [2.24, 2.45) is 5.92 Å². The normalized spacial score (nSPS) is 13.4. The molecule has 13 heavy (non-hydrogen) atoms. The van der Waals surface area contributed by atoms with Crippen LogP contribution < -0.4 is 0 Å². The minimum atomic E-state index is 0.667. The van der Waals surface area contributed by atoms with Gasteiger partial charge >= 0.3 is 0 Å². The van der Waals surface area contributed by atoms with Gasteiger partial charge in [0.1, 0.15) is 0 Å². The zero-order chi connectivity index (χ0) is 10.0. The van der Waals surface area contributed by atoms with Crippen molar-refractivity contribution < 1.29 is 0 Å². The largest absolute Gasteiger partial charge is 0.0622 e. The van der Waals surface area contributed by atoms with E-state index in [-0.39, 0.29) is 0 Å². The van der Waals surface area contributed by atoms with E-state index < -0.39 is 0 Å². The van der Waals surface area contributed by atoms with Crippen molar-refractivity contribution >= 4 is 0 Å². The predicted molar refractivity (Wildman–Crippen MR) is 59.2 cm³/mol. The lowest BCUT2D eigenvalue weighted by atomic mass is 9.86. The van der Waals surface area contributed by atoms with Crippen LogP contribution in [0.3, 0.4) is 0 Å². The highest BCUT2D eigenvalue weighted by molar-refractivity contribution is 5.35. The molecule has 0 aliphatic carbocycles. The summed E-state index contributed by atoms with van der Waals surface area (Å²) in [5.74, 6) is 1.39. The molecule has 0 spiro atoms. The van der Waals surface area contributed by atoms with Gasteiger partial charge in [-0.15, -0.1) is 0 Å². The van der Waals surface area contributed by atoms with E-state index in [1.54, 1.807) is 0 Å². The molecule has 1 atom stereocenters. The van der Waals surface area contributed by atoms with Crippen molar-refractivity contribution in [1.82, 2.24) is 0 Å². The Morgan fingerprint density at radius 3 is 2.15 bits per heavy atom. The number of rotatable bonds is 2. The van der Waals surface area contributed by atoms with E-state index in [1.807, 2.05) is 0 Å². The van der Waals surface area contributed by atoms with Crippen molar-refractivity contribution in [3.63, 3.8) is 0 Å². The molecule has 0 saturated carbocycles. The summed E-state index contributed by atoms with van der Waals surface area (Å²) in [7, 11) is 0. The lowest BCUT2D eigenvalue weighted by molar-refractivity contribution is 0.532. The van der Waals surface area contributed by atoms with Gasteiger partial charge in [0.05, 0.1) is 0 Å². The van der Waals surface area contributed by atoms with Gasteiger partial charge in [0, 0.05) is 0 Å². The first kappa shape index (κ1) is 10.3. The molecule has 1 aromatic carbocycles. The summed E-state index contributed by atoms with van der Waals surface area (Å²) in [6.45, 7) is 11.3. The molecule has 0 saturated heterocycles. The van der Waals surface area contributed by atoms with Gasteiger partial charge in [-0.1, -0.05) is 39.0 Å². The highest BCUT2D eigenvalue weighted by Crippen LogP contribution is 2.27. The van der Waals surface area contributed by atoms with Crippen LogP contribution in [0.25, 0.3) is 0 Å². The van der Waals surface area contributed by atoms with Crippen molar-refractivity contribution in [1.29, 1.82) is 0 Å². The Morgan fingerprint density at radius 2 is 1.62 bits per heavy atom. The Balaban J connectivity index is 3.07. The van der Waals surface area contributed by atoms with Crippen molar-refractivity contribution in [3.05, 3.63) is 34.9 Å². The first-order chi connectivity index (χ1) is 6.04. The van der Waals surface area contributed by atoms with Gasteiger partial charge < -0.3 is 0 Å². The van der Waals surface area contributed by atoms with Crippen LogP contribution in [-0.2, 0) is 0 Å². The zero-order valence-electron chi connectivity index (χ0n) is 9.39. The fraction of sp³-hybridized carbons (Fsp3) is 0.538. The summed E-state index contributed by atoms with van der Waals surface area (Å²) < 4.78 is 0. The zero-order valence-corrected chi connectivity index (χ0v) is 9.39. The van der Waals surface area contributed by atoms with Crippen molar-refractivity contribution in [2.45, 2.75) is 40.5 Å². The molecule has 1 rings (SSSR count). The van der Waals surface area contributed by atoms with Crippen molar-refractivity contribution in [3.8, 4) is 0 Å². The summed E-state index contributed by atoms with van der Waals surface area (Å²) in [6, 6.07) is 6.61. The van der Waals surface area contributed by atoms with Crippen molar-refractivity contribution in [2.75, 3.05) is 0 Å². The van der Waals surface area contributed by atoms with E-state index in [2.05, 4.69) is 52.8 Å². The van der Waals surface area contributed by atoms with E-state index in [0.29, 0.717) is 5.92 Å². The lowest BCUT2D eigenvalue weighted by Crippen LogP contribution is -2.04. The maximum absolute atomic E-state index is 2.31. The van der Waals surface area contributed by atoms with Crippen LogP contribution in [0.2, 0.25) is 0 Å². The maximum atomic E-state index is 2.31. The second-order valence-electron chi connectivity index (χ2n) is 4.32. The van der Waals surface area contributed by atoms with Crippen LogP contribution in [0.5, 0.6) is 0 Å². The summed E-state index contributed by atoms with van der Waals surface area (Å²) in [5.41, 5.74) is 4.38. The third-order valence-corrected chi connectivity index (χ3v) is 3.14. The van der Waals surface area contributed by atoms with Gasteiger partial charge in [-0.05, 0) is 42.4 Å². The van der Waals surface area contributed by atoms with Crippen LogP contribution in [0.1, 0.15) is 43.4 Å². The summed E-state index contributed by atoms with van der Waals surface area (Å²) in [5, 5.41) is 0. The Hall–Kier alpha value is -0.780. The van der Waals surface area contributed by atoms with Gasteiger partial charge in [-0.25, -0.2) is 0 Å². The van der Waals surface area contributed by atoms with Gasteiger partial charge in [0.2, 0.25) is 0 Å². The molecule has 0 heteroatoms. The first-order valence-electron chi connectivity index (χ1n) is 5.10. The van der Waals surface area contributed by atoms with Crippen LogP contribution in [0.4, 0.5) is 0 Å². The van der Waals surface area contributed by atoms with Crippen LogP contribution in [0.15, 0.2) is 18.2 Å². The van der Waals surface area contributed by atoms with E-state index >= 15 is 0 Å². The Bertz CT molecular complexity index is 284. The Labute approximate surface area is 82.0 Å². The molecule has 1 aromatic rings. The average Bonchev–Trinajstić information content (AvgIpc) is 2.08. The molecule has 0 bridgehead atoms. The minimum absolute atomic E-state index is 0.667. The number of hydrogen-bond donors (Lipinski definition) is 0. The van der Waals surface area contributed by atoms with Gasteiger partial charge in [0.15, 0.2) is 0 Å². The fourth-order valence-electron chi connectivity index (χ4n) is 1.63. The molecule has 1 unspecified atom stereocenters. The smallest absolute Gasteiger partial charge is 0.0165 e. The quantitative estimate of drug-likeness (QED) is 0.637. The third kappa shape index (κ3) is 2.12. The highest BCUT2D eigenvalue weighted by Gasteiger charge is 2.12. The average molecular weight is 176 g/mol. The van der Waals surface area contributed by atoms with Gasteiger partial charge in [0.25, 0.3) is 0 Å². The molecule has 72 valence electrons. The summed E-state index contributed by atoms with van der Waals surface area (Å²) >= 11 is 0. The second kappa shape index (κ2) is 3.95. The minimum Gasteiger partial charge on any atom is -0.0622 e. The van der Waals surface area contributed by atoms with E-state index in [4.69, 9.17) is 0 Å². The van der Waals surface area contributed by atoms with Gasteiger partial charge in [-0.2, -0.15) is 0 Å². The molecule has 0 aliphatic rings. The SMILES string of the molecule is Cc1cccc(C(C)C(C)C)c1C. The molecular weight excluding hydrogens is 156 g/mol. The van der Waals surface area contributed by atoms with Crippen LogP contribution in [-0.4, -0.2) is 0 Å². The fourth-order valence-corrected chi connectivity index (χ4v) is 1.63. The Kier molecular flexibility index (Phi) is 3.13. The standard InChI is InChI=1S/C13H20/c1-9(2)11(4)13-8-6-7-10(3)12(13)5/h6-9,11H,1-5H3. The van der Waals surface area contributed by atoms with Crippen LogP contribution in [0, 0.1) is 19.8 Å². The third-order valence-electron chi connectivity index (χ3n) is 3.14. The van der Waals surface area contributed by atoms with Crippen LogP contribution >= 0.6 is 0 Å². The van der Waals surface area contributed by atoms with E-state index in [9.17, 15) is 0 Å². The molecule has 0 radical (unpaired) electrons. The Morgan fingerprint density at radius 1 is 1.00 bits per heavy atom. The predicted octanol–water partition coefficient (Wildman–Crippen LogP) is 4.06. The first-order valence-corrected chi connectivity index (χ1v) is 5.10. The number of aryl methyl sites for hydroxylation is 1. The van der Waals surface area contributed by atoms with Gasteiger partial charge in [-0.3, -0.25) is 0 Å². The topological polar surface area (TPSA) is 0 Å². The van der Waals surface area contributed by atoms with E-state index in [0.717, 1.165) is 5.92 Å². The number of hydrogen-bond acceptors (Lipinski definition) is 0. The lowest BCUT2D eigenvalue weighted by Gasteiger charge is -2.19. The maximum Gasteiger partial charge on any atom is -0.0165 e. The summed E-state index contributed by atoms with van der Waals surface area (Å²) in [6.07, 6.45) is 0. The monoisotopic (exact) mass is 176 g/mol. The molecule has 0 aromatic heterocycles. The molecule has 0 amide bonds. The molecule has 0 fully saturated rings. The van der Waals surface area contributed by atoms with E-state index in [1.165, 1.54) is 16.7 Å². The molecule has 0 aliphatic heterocycles.